The van der Waals surface area contributed by atoms with E-state index in [1.807, 2.05) is 0 Å². The first-order valence-electron chi connectivity index (χ1n) is 5.52. The van der Waals surface area contributed by atoms with Crippen molar-refractivity contribution >= 4 is 12.3 Å². The third kappa shape index (κ3) is 2.45. The Kier molecular flexibility index (Phi) is 3.52. The minimum atomic E-state index is -0.407. The molecule has 2 aromatic rings. The third-order valence-electron chi connectivity index (χ3n) is 2.36. The zero-order valence-electron chi connectivity index (χ0n) is 9.87. The van der Waals surface area contributed by atoms with Gasteiger partial charge in [-0.25, -0.2) is 9.48 Å². The van der Waals surface area contributed by atoms with E-state index in [0.29, 0.717) is 17.7 Å². The highest BCUT2D eigenvalue weighted by atomic mass is 16.5. The lowest BCUT2D eigenvalue weighted by atomic mass is 10.2. The number of benzene rings is 1. The van der Waals surface area contributed by atoms with E-state index in [2.05, 4.69) is 5.10 Å². The summed E-state index contributed by atoms with van der Waals surface area (Å²) >= 11 is 0. The number of hydrogen-bond acceptors (Lipinski definition) is 4. The van der Waals surface area contributed by atoms with Crippen LogP contribution in [0.25, 0.3) is 5.69 Å². The van der Waals surface area contributed by atoms with E-state index in [1.54, 1.807) is 37.4 Å². The van der Waals surface area contributed by atoms with Crippen LogP contribution in [0.2, 0.25) is 0 Å². The van der Waals surface area contributed by atoms with Crippen molar-refractivity contribution in [3.63, 3.8) is 0 Å². The van der Waals surface area contributed by atoms with Gasteiger partial charge in [0.05, 0.1) is 24.1 Å². The van der Waals surface area contributed by atoms with Gasteiger partial charge in [0.25, 0.3) is 0 Å². The second-order valence-electron chi connectivity index (χ2n) is 3.61. The number of carbonyl (C=O) groups is 2. The van der Waals surface area contributed by atoms with Crippen molar-refractivity contribution in [2.75, 3.05) is 6.61 Å². The molecule has 0 aliphatic rings. The highest BCUT2D eigenvalue weighted by Crippen LogP contribution is 2.10. The van der Waals surface area contributed by atoms with Crippen molar-refractivity contribution in [2.45, 2.75) is 6.92 Å². The summed E-state index contributed by atoms with van der Waals surface area (Å²) in [7, 11) is 0. The van der Waals surface area contributed by atoms with Crippen molar-refractivity contribution < 1.29 is 14.3 Å². The molecule has 0 amide bonds. The minimum Gasteiger partial charge on any atom is -0.462 e. The fraction of sp³-hybridized carbons (Fsp3) is 0.154. The standard InChI is InChI=1S/C13H12N2O3/c1-2-18-13(17)11-7-14-15(8-11)12-5-3-4-10(6-12)9-16/h3-9H,2H2,1H3. The summed E-state index contributed by atoms with van der Waals surface area (Å²) in [5.74, 6) is -0.407. The lowest BCUT2D eigenvalue weighted by Gasteiger charge is -2.01. The fourth-order valence-corrected chi connectivity index (χ4v) is 1.52. The fourth-order valence-electron chi connectivity index (χ4n) is 1.52. The predicted octanol–water partition coefficient (Wildman–Crippen LogP) is 1.86. The maximum atomic E-state index is 11.5. The SMILES string of the molecule is CCOC(=O)c1cnn(-c2cccc(C=O)c2)c1. The van der Waals surface area contributed by atoms with Gasteiger partial charge in [-0.15, -0.1) is 0 Å². The average Bonchev–Trinajstić information content (AvgIpc) is 2.89. The van der Waals surface area contributed by atoms with E-state index < -0.39 is 5.97 Å². The molecule has 0 saturated carbocycles. The Morgan fingerprint density at radius 1 is 1.50 bits per heavy atom. The topological polar surface area (TPSA) is 61.2 Å². The molecule has 0 radical (unpaired) electrons. The van der Waals surface area contributed by atoms with Crippen LogP contribution in [0.4, 0.5) is 0 Å². The molecular weight excluding hydrogens is 232 g/mol. The van der Waals surface area contributed by atoms with Crippen LogP contribution in [0, 0.1) is 0 Å². The summed E-state index contributed by atoms with van der Waals surface area (Å²) in [6.07, 6.45) is 3.77. The van der Waals surface area contributed by atoms with E-state index >= 15 is 0 Å². The number of rotatable bonds is 4. The zero-order valence-corrected chi connectivity index (χ0v) is 9.87. The molecule has 0 bridgehead atoms. The molecule has 0 aliphatic carbocycles. The molecule has 92 valence electrons. The van der Waals surface area contributed by atoms with Gasteiger partial charge in [0.2, 0.25) is 0 Å². The highest BCUT2D eigenvalue weighted by Gasteiger charge is 2.10. The summed E-state index contributed by atoms with van der Waals surface area (Å²) in [6.45, 7) is 2.07. The van der Waals surface area contributed by atoms with Gasteiger partial charge in [0.1, 0.15) is 6.29 Å². The average molecular weight is 244 g/mol. The molecule has 1 aromatic heterocycles. The molecule has 0 N–H and O–H groups in total. The zero-order chi connectivity index (χ0) is 13.0. The summed E-state index contributed by atoms with van der Waals surface area (Å²) in [4.78, 5) is 22.2. The lowest BCUT2D eigenvalue weighted by molar-refractivity contribution is 0.0526. The molecule has 2 rings (SSSR count). The molecule has 0 saturated heterocycles. The Hall–Kier alpha value is -2.43. The first-order chi connectivity index (χ1) is 8.74. The summed E-state index contributed by atoms with van der Waals surface area (Å²) < 4.78 is 6.40. The number of hydrogen-bond donors (Lipinski definition) is 0. The van der Waals surface area contributed by atoms with Crippen LogP contribution in [-0.4, -0.2) is 28.6 Å². The molecule has 0 fully saturated rings. The normalized spacial score (nSPS) is 10.1. The lowest BCUT2D eigenvalue weighted by Crippen LogP contribution is -2.03. The maximum Gasteiger partial charge on any atom is 0.341 e. The van der Waals surface area contributed by atoms with Crippen LogP contribution in [0.1, 0.15) is 27.6 Å². The van der Waals surface area contributed by atoms with E-state index in [0.717, 1.165) is 12.0 Å². The molecule has 0 atom stereocenters. The van der Waals surface area contributed by atoms with Gasteiger partial charge in [-0.1, -0.05) is 12.1 Å². The molecule has 18 heavy (non-hydrogen) atoms. The second-order valence-corrected chi connectivity index (χ2v) is 3.61. The Morgan fingerprint density at radius 2 is 2.33 bits per heavy atom. The highest BCUT2D eigenvalue weighted by molar-refractivity contribution is 5.88. The smallest absolute Gasteiger partial charge is 0.341 e. The molecule has 5 heteroatoms. The predicted molar refractivity (Wildman–Crippen MR) is 64.9 cm³/mol. The Balaban J connectivity index is 2.28. The number of carbonyl (C=O) groups excluding carboxylic acids is 2. The minimum absolute atomic E-state index is 0.324. The van der Waals surface area contributed by atoms with Crippen LogP contribution < -0.4 is 0 Å². The van der Waals surface area contributed by atoms with Crippen molar-refractivity contribution in [3.05, 3.63) is 47.8 Å². The molecular formula is C13H12N2O3. The number of esters is 1. The Morgan fingerprint density at radius 3 is 3.06 bits per heavy atom. The molecule has 0 aliphatic heterocycles. The molecule has 5 nitrogen and oxygen atoms in total. The number of aldehydes is 1. The van der Waals surface area contributed by atoms with Gasteiger partial charge in [-0.05, 0) is 19.1 Å². The van der Waals surface area contributed by atoms with Crippen LogP contribution in [0.3, 0.4) is 0 Å². The van der Waals surface area contributed by atoms with Gasteiger partial charge in [-0.2, -0.15) is 5.10 Å². The molecule has 0 unspecified atom stereocenters. The molecule has 1 heterocycles. The van der Waals surface area contributed by atoms with E-state index in [4.69, 9.17) is 4.74 Å². The van der Waals surface area contributed by atoms with Crippen molar-refractivity contribution in [1.82, 2.24) is 9.78 Å². The first-order valence-corrected chi connectivity index (χ1v) is 5.52. The van der Waals surface area contributed by atoms with Crippen LogP contribution >= 0.6 is 0 Å². The second kappa shape index (κ2) is 5.27. The molecule has 1 aromatic carbocycles. The maximum absolute atomic E-state index is 11.5. The van der Waals surface area contributed by atoms with Gasteiger partial charge >= 0.3 is 5.97 Å². The number of nitrogens with zero attached hydrogens (tertiary/aromatic N) is 2. The summed E-state index contributed by atoms with van der Waals surface area (Å²) in [5, 5.41) is 4.07. The monoisotopic (exact) mass is 244 g/mol. The van der Waals surface area contributed by atoms with Gasteiger partial charge in [0.15, 0.2) is 0 Å². The van der Waals surface area contributed by atoms with Crippen molar-refractivity contribution in [2.24, 2.45) is 0 Å². The van der Waals surface area contributed by atoms with Gasteiger partial charge in [-0.3, -0.25) is 4.79 Å². The Bertz CT molecular complexity index is 575. The number of aromatic nitrogens is 2. The summed E-state index contributed by atoms with van der Waals surface area (Å²) in [6, 6.07) is 6.95. The third-order valence-corrected chi connectivity index (χ3v) is 2.36. The first kappa shape index (κ1) is 12.0. The van der Waals surface area contributed by atoms with E-state index in [9.17, 15) is 9.59 Å². The van der Waals surface area contributed by atoms with Crippen molar-refractivity contribution in [1.29, 1.82) is 0 Å². The number of ether oxygens (including phenoxy) is 1. The van der Waals surface area contributed by atoms with Gasteiger partial charge < -0.3 is 4.74 Å². The quantitative estimate of drug-likeness (QED) is 0.608. The van der Waals surface area contributed by atoms with Crippen LogP contribution in [0.5, 0.6) is 0 Å². The summed E-state index contributed by atoms with van der Waals surface area (Å²) in [5.41, 5.74) is 1.66. The van der Waals surface area contributed by atoms with Crippen molar-refractivity contribution in [3.8, 4) is 5.69 Å². The molecule has 0 spiro atoms. The van der Waals surface area contributed by atoms with Gasteiger partial charge in [0, 0.05) is 11.8 Å². The van der Waals surface area contributed by atoms with E-state index in [1.165, 1.54) is 10.9 Å². The van der Waals surface area contributed by atoms with Crippen LogP contribution in [-0.2, 0) is 4.74 Å². The van der Waals surface area contributed by atoms with E-state index in [-0.39, 0.29) is 0 Å². The largest absolute Gasteiger partial charge is 0.462 e. The Labute approximate surface area is 104 Å². The van der Waals surface area contributed by atoms with Crippen LogP contribution in [0.15, 0.2) is 36.7 Å².